The predicted octanol–water partition coefficient (Wildman–Crippen LogP) is 2.29. The molecule has 26 heavy (non-hydrogen) atoms. The molecule has 0 radical (unpaired) electrons. The maximum absolute atomic E-state index is 11.6. The van der Waals surface area contributed by atoms with Crippen molar-refractivity contribution in [3.63, 3.8) is 0 Å². The van der Waals surface area contributed by atoms with Crippen molar-refractivity contribution >= 4 is 5.91 Å². The smallest absolute Gasteiger partial charge is 0.290 e. The van der Waals surface area contributed by atoms with Gasteiger partial charge in [-0.3, -0.25) is 4.79 Å². The number of carbonyl (C=O) groups excluding carboxylic acids is 1. The predicted molar refractivity (Wildman–Crippen MR) is 96.2 cm³/mol. The molecule has 2 aromatic rings. The summed E-state index contributed by atoms with van der Waals surface area (Å²) >= 11 is 0. The van der Waals surface area contributed by atoms with E-state index in [-0.39, 0.29) is 11.7 Å². The first-order chi connectivity index (χ1) is 12.1. The van der Waals surface area contributed by atoms with Gasteiger partial charge >= 0.3 is 0 Å². The van der Waals surface area contributed by atoms with Gasteiger partial charge in [-0.25, -0.2) is 9.67 Å². The molecular weight excluding hydrogens is 328 g/mol. The molecule has 0 aliphatic heterocycles. The topological polar surface area (TPSA) is 107 Å². The first-order valence-electron chi connectivity index (χ1n) is 8.22. The molecule has 0 unspecified atom stereocenters. The summed E-state index contributed by atoms with van der Waals surface area (Å²) in [5.41, 5.74) is 1.18. The second kappa shape index (κ2) is 6.97. The van der Waals surface area contributed by atoms with E-state index in [4.69, 9.17) is 0 Å². The molecule has 0 aliphatic rings. The van der Waals surface area contributed by atoms with E-state index in [0.717, 1.165) is 16.7 Å². The molecule has 0 atom stereocenters. The fourth-order valence-electron chi connectivity index (χ4n) is 2.41. The lowest BCUT2D eigenvalue weighted by atomic mass is 9.79. The van der Waals surface area contributed by atoms with Crippen molar-refractivity contribution in [1.29, 1.82) is 10.5 Å². The molecule has 0 fully saturated rings. The van der Waals surface area contributed by atoms with E-state index in [0.29, 0.717) is 6.54 Å². The highest BCUT2D eigenvalue weighted by Gasteiger charge is 2.26. The molecule has 1 N–H and O–H groups in total. The molecule has 1 aromatic carbocycles. The molecule has 7 heteroatoms. The van der Waals surface area contributed by atoms with Gasteiger partial charge < -0.3 is 5.32 Å². The van der Waals surface area contributed by atoms with Gasteiger partial charge in [0.2, 0.25) is 5.82 Å². The van der Waals surface area contributed by atoms with Crippen LogP contribution in [0.5, 0.6) is 0 Å². The molecule has 134 valence electrons. The van der Waals surface area contributed by atoms with Crippen molar-refractivity contribution in [2.75, 3.05) is 7.05 Å². The van der Waals surface area contributed by atoms with E-state index in [1.54, 1.807) is 4.68 Å². The van der Waals surface area contributed by atoms with Crippen LogP contribution in [0.15, 0.2) is 24.5 Å². The molecule has 1 aromatic heterocycles. The third kappa shape index (κ3) is 3.89. The Labute approximate surface area is 153 Å². The van der Waals surface area contributed by atoms with Crippen LogP contribution in [0.1, 0.15) is 55.0 Å². The van der Waals surface area contributed by atoms with E-state index in [2.05, 4.69) is 27.5 Å². The lowest BCUT2D eigenvalue weighted by molar-refractivity contribution is 0.0952. The van der Waals surface area contributed by atoms with Crippen molar-refractivity contribution in [2.24, 2.45) is 0 Å². The third-order valence-electron chi connectivity index (χ3n) is 4.31. The van der Waals surface area contributed by atoms with E-state index in [1.807, 2.05) is 45.9 Å². The molecule has 2 rings (SSSR count). The van der Waals surface area contributed by atoms with E-state index in [9.17, 15) is 15.3 Å². The largest absolute Gasteiger partial charge is 0.352 e. The minimum Gasteiger partial charge on any atom is -0.352 e. The fraction of sp³-hybridized carbons (Fsp3) is 0.421. The van der Waals surface area contributed by atoms with Crippen molar-refractivity contribution in [2.45, 2.75) is 45.1 Å². The number of nitrogens with one attached hydrogen (secondary N) is 1. The van der Waals surface area contributed by atoms with Gasteiger partial charge in [0.15, 0.2) is 0 Å². The van der Waals surface area contributed by atoms with E-state index >= 15 is 0 Å². The molecular formula is C19H22N6O. The highest BCUT2D eigenvalue weighted by molar-refractivity contribution is 5.89. The number of aromatic nitrogens is 3. The Hall–Kier alpha value is -3.19. The normalized spacial score (nSPS) is 11.5. The number of hydrogen-bond donors (Lipinski definition) is 1. The van der Waals surface area contributed by atoms with Crippen molar-refractivity contribution in [3.05, 3.63) is 47.0 Å². The zero-order valence-corrected chi connectivity index (χ0v) is 15.7. The van der Waals surface area contributed by atoms with Gasteiger partial charge in [-0.15, -0.1) is 5.10 Å². The zero-order chi connectivity index (χ0) is 19.5. The SMILES string of the molecule is CNC(=O)c1ncn(Cc2cc(C(C)(C)C#N)cc(C(C)(C)C#N)c2)n1. The summed E-state index contributed by atoms with van der Waals surface area (Å²) in [5.74, 6) is -0.256. The maximum Gasteiger partial charge on any atom is 0.290 e. The maximum atomic E-state index is 11.6. The Balaban J connectivity index is 2.48. The second-order valence-electron chi connectivity index (χ2n) is 7.24. The summed E-state index contributed by atoms with van der Waals surface area (Å²) in [6.45, 7) is 7.75. The Morgan fingerprint density at radius 2 is 1.65 bits per heavy atom. The summed E-state index contributed by atoms with van der Waals surface area (Å²) in [5, 5.41) is 25.6. The average molecular weight is 350 g/mol. The number of nitrogens with zero attached hydrogens (tertiary/aromatic N) is 5. The van der Waals surface area contributed by atoms with Crippen LogP contribution in [0.4, 0.5) is 0 Å². The zero-order valence-electron chi connectivity index (χ0n) is 15.7. The lowest BCUT2D eigenvalue weighted by Gasteiger charge is -2.23. The van der Waals surface area contributed by atoms with Crippen molar-refractivity contribution < 1.29 is 4.79 Å². The Morgan fingerprint density at radius 3 is 2.12 bits per heavy atom. The highest BCUT2D eigenvalue weighted by atomic mass is 16.2. The molecule has 0 aliphatic carbocycles. The fourth-order valence-corrected chi connectivity index (χ4v) is 2.41. The number of benzene rings is 1. The molecule has 0 saturated heterocycles. The minimum absolute atomic E-state index is 0.0959. The quantitative estimate of drug-likeness (QED) is 0.890. The Bertz CT molecular complexity index is 867. The summed E-state index contributed by atoms with van der Waals surface area (Å²) in [4.78, 5) is 15.6. The van der Waals surface area contributed by atoms with Crippen LogP contribution in [0.25, 0.3) is 0 Å². The van der Waals surface area contributed by atoms with Crippen LogP contribution in [0.2, 0.25) is 0 Å². The molecule has 7 nitrogen and oxygen atoms in total. The van der Waals surface area contributed by atoms with Gasteiger partial charge in [0.05, 0.1) is 29.5 Å². The monoisotopic (exact) mass is 350 g/mol. The minimum atomic E-state index is -0.689. The molecule has 1 heterocycles. The number of amides is 1. The molecule has 0 saturated carbocycles. The number of hydrogen-bond acceptors (Lipinski definition) is 5. The van der Waals surface area contributed by atoms with Crippen LogP contribution in [-0.2, 0) is 17.4 Å². The Morgan fingerprint density at radius 1 is 1.12 bits per heavy atom. The van der Waals surface area contributed by atoms with Crippen LogP contribution in [0.3, 0.4) is 0 Å². The van der Waals surface area contributed by atoms with Gasteiger partial charge in [-0.05, 0) is 44.4 Å². The van der Waals surface area contributed by atoms with Crippen molar-refractivity contribution in [1.82, 2.24) is 20.1 Å². The van der Waals surface area contributed by atoms with Gasteiger partial charge in [0.1, 0.15) is 6.33 Å². The number of carbonyl (C=O) groups is 1. The van der Waals surface area contributed by atoms with Gasteiger partial charge in [-0.1, -0.05) is 18.2 Å². The molecule has 0 spiro atoms. The van der Waals surface area contributed by atoms with Gasteiger partial charge in [0.25, 0.3) is 5.91 Å². The van der Waals surface area contributed by atoms with Crippen LogP contribution in [0, 0.1) is 22.7 Å². The van der Waals surface area contributed by atoms with Crippen molar-refractivity contribution in [3.8, 4) is 12.1 Å². The lowest BCUT2D eigenvalue weighted by Crippen LogP contribution is -2.20. The summed E-state index contributed by atoms with van der Waals surface area (Å²) in [6.07, 6.45) is 1.49. The molecule has 0 bridgehead atoms. The van der Waals surface area contributed by atoms with Gasteiger partial charge in [0, 0.05) is 7.05 Å². The van der Waals surface area contributed by atoms with E-state index in [1.165, 1.54) is 13.4 Å². The second-order valence-corrected chi connectivity index (χ2v) is 7.24. The number of nitriles is 2. The number of rotatable bonds is 5. The Kier molecular flexibility index (Phi) is 5.13. The first kappa shape index (κ1) is 19.1. The first-order valence-corrected chi connectivity index (χ1v) is 8.22. The van der Waals surface area contributed by atoms with Crippen LogP contribution in [-0.4, -0.2) is 27.7 Å². The average Bonchev–Trinajstić information content (AvgIpc) is 3.09. The van der Waals surface area contributed by atoms with Crippen LogP contribution < -0.4 is 5.32 Å². The molecule has 1 amide bonds. The highest BCUT2D eigenvalue weighted by Crippen LogP contribution is 2.30. The summed E-state index contributed by atoms with van der Waals surface area (Å²) < 4.78 is 1.56. The summed E-state index contributed by atoms with van der Waals surface area (Å²) in [7, 11) is 1.52. The third-order valence-corrected chi connectivity index (χ3v) is 4.31. The van der Waals surface area contributed by atoms with E-state index < -0.39 is 10.8 Å². The van der Waals surface area contributed by atoms with Crippen LogP contribution >= 0.6 is 0 Å². The standard InChI is InChI=1S/C19H22N6O/c1-18(2,10-20)14-6-13(7-15(8-14)19(3,4)11-21)9-25-12-23-16(24-25)17(26)22-5/h6-8,12H,9H2,1-5H3,(H,22,26). The summed E-state index contributed by atoms with van der Waals surface area (Å²) in [6, 6.07) is 10.4. The van der Waals surface area contributed by atoms with Gasteiger partial charge in [-0.2, -0.15) is 10.5 Å².